The molecule has 0 fully saturated rings. The summed E-state index contributed by atoms with van der Waals surface area (Å²) in [6, 6.07) is 14.3. The topological polar surface area (TPSA) is 47.8 Å². The number of para-hydroxylation sites is 2. The summed E-state index contributed by atoms with van der Waals surface area (Å²) < 4.78 is 12.9. The first kappa shape index (κ1) is 19.5. The molecule has 0 aliphatic carbocycles. The van der Waals surface area contributed by atoms with Crippen LogP contribution in [0.2, 0.25) is 0 Å². The molecule has 142 valence electrons. The number of halogens is 1. The van der Waals surface area contributed by atoms with E-state index in [-0.39, 0.29) is 12.4 Å². The van der Waals surface area contributed by atoms with Crippen LogP contribution < -0.4 is 14.8 Å². The first-order chi connectivity index (χ1) is 12.8. The molecule has 0 bridgehead atoms. The van der Waals surface area contributed by atoms with Crippen LogP contribution in [0.1, 0.15) is 11.3 Å². The van der Waals surface area contributed by atoms with Crippen molar-refractivity contribution in [1.82, 2.24) is 14.7 Å². The molecule has 0 aliphatic heterocycles. The molecule has 4 aromatic rings. The molecule has 2 heterocycles. The maximum Gasteiger partial charge on any atom is 0.194 e. The lowest BCUT2D eigenvalue weighted by atomic mass is 10.1. The van der Waals surface area contributed by atoms with E-state index in [9.17, 15) is 0 Å². The van der Waals surface area contributed by atoms with Gasteiger partial charge in [0.25, 0.3) is 0 Å². The number of nitrogens with zero attached hydrogens (tertiary/aromatic N) is 2. The predicted octanol–water partition coefficient (Wildman–Crippen LogP) is 4.32. The molecule has 5 nitrogen and oxygen atoms in total. The second-order valence-corrected chi connectivity index (χ2v) is 6.90. The smallest absolute Gasteiger partial charge is 0.194 e. The molecule has 0 atom stereocenters. The van der Waals surface area contributed by atoms with Crippen LogP contribution in [0.3, 0.4) is 0 Å². The maximum absolute atomic E-state index is 5.37. The van der Waals surface area contributed by atoms with Crippen molar-refractivity contribution in [3.8, 4) is 11.5 Å². The third kappa shape index (κ3) is 3.88. The normalized spacial score (nSPS) is 10.9. The number of hydrogen-bond acceptors (Lipinski definition) is 5. The largest absolute Gasteiger partial charge is 0.493 e. The Morgan fingerprint density at radius 2 is 1.89 bits per heavy atom. The Morgan fingerprint density at radius 3 is 2.70 bits per heavy atom. The van der Waals surface area contributed by atoms with Crippen LogP contribution in [-0.2, 0) is 13.0 Å². The van der Waals surface area contributed by atoms with E-state index in [1.54, 1.807) is 25.6 Å². The number of methoxy groups -OCH3 is 2. The predicted molar refractivity (Wildman–Crippen MR) is 113 cm³/mol. The fraction of sp³-hybridized carbons (Fsp3) is 0.250. The van der Waals surface area contributed by atoms with Crippen molar-refractivity contribution in [3.05, 3.63) is 59.1 Å². The van der Waals surface area contributed by atoms with Gasteiger partial charge in [0.05, 0.1) is 25.3 Å². The molecular formula is C20H22ClN3O2S. The van der Waals surface area contributed by atoms with E-state index < -0.39 is 0 Å². The van der Waals surface area contributed by atoms with Crippen molar-refractivity contribution >= 4 is 39.7 Å². The number of imidazole rings is 1. The van der Waals surface area contributed by atoms with Gasteiger partial charge in [-0.1, -0.05) is 18.2 Å². The molecule has 0 saturated heterocycles. The lowest BCUT2D eigenvalue weighted by molar-refractivity contribution is 0.354. The Bertz CT molecular complexity index is 1040. The van der Waals surface area contributed by atoms with Crippen molar-refractivity contribution < 1.29 is 9.47 Å². The summed E-state index contributed by atoms with van der Waals surface area (Å²) in [5.41, 5.74) is 4.68. The third-order valence-corrected chi connectivity index (χ3v) is 5.34. The highest BCUT2D eigenvalue weighted by Crippen LogP contribution is 2.27. The SMILES string of the molecule is COc1ccc(CCNCc2csc3nc4ccccc4n23)cc1OC.Cl. The Kier molecular flexibility index (Phi) is 6.21. The zero-order valence-electron chi connectivity index (χ0n) is 15.3. The van der Waals surface area contributed by atoms with Crippen molar-refractivity contribution in [1.29, 1.82) is 0 Å². The van der Waals surface area contributed by atoms with Crippen LogP contribution in [0.15, 0.2) is 47.8 Å². The highest BCUT2D eigenvalue weighted by atomic mass is 35.5. The van der Waals surface area contributed by atoms with E-state index in [0.717, 1.165) is 41.5 Å². The van der Waals surface area contributed by atoms with Crippen molar-refractivity contribution in [3.63, 3.8) is 0 Å². The van der Waals surface area contributed by atoms with Crippen LogP contribution >= 0.6 is 23.7 Å². The Morgan fingerprint density at radius 1 is 1.07 bits per heavy atom. The summed E-state index contributed by atoms with van der Waals surface area (Å²) in [4.78, 5) is 5.72. The number of nitrogens with one attached hydrogen (secondary N) is 1. The fourth-order valence-electron chi connectivity index (χ4n) is 3.14. The van der Waals surface area contributed by atoms with Crippen molar-refractivity contribution in [2.24, 2.45) is 0 Å². The van der Waals surface area contributed by atoms with Gasteiger partial charge in [-0.15, -0.1) is 23.7 Å². The highest BCUT2D eigenvalue weighted by Gasteiger charge is 2.10. The second-order valence-electron chi connectivity index (χ2n) is 6.06. The molecule has 7 heteroatoms. The number of aromatic nitrogens is 2. The average molecular weight is 404 g/mol. The molecule has 2 aromatic heterocycles. The molecule has 0 radical (unpaired) electrons. The molecule has 0 aliphatic rings. The van der Waals surface area contributed by atoms with Crippen LogP contribution in [0.25, 0.3) is 16.0 Å². The number of rotatable bonds is 7. The number of ether oxygens (including phenoxy) is 2. The van der Waals surface area contributed by atoms with Gasteiger partial charge < -0.3 is 14.8 Å². The summed E-state index contributed by atoms with van der Waals surface area (Å²) in [6.45, 7) is 1.70. The van der Waals surface area contributed by atoms with E-state index in [2.05, 4.69) is 44.3 Å². The Balaban J connectivity index is 0.00000210. The molecule has 4 rings (SSSR count). The number of thiazole rings is 1. The summed E-state index contributed by atoms with van der Waals surface area (Å²) in [6.07, 6.45) is 0.929. The zero-order valence-corrected chi connectivity index (χ0v) is 16.9. The second kappa shape index (κ2) is 8.61. The number of hydrogen-bond donors (Lipinski definition) is 1. The van der Waals surface area contributed by atoms with Gasteiger partial charge in [0.15, 0.2) is 16.5 Å². The molecule has 1 N–H and O–H groups in total. The van der Waals surface area contributed by atoms with E-state index >= 15 is 0 Å². The zero-order chi connectivity index (χ0) is 17.9. The Hall–Kier alpha value is -2.28. The van der Waals surface area contributed by atoms with E-state index in [1.807, 2.05) is 18.2 Å². The average Bonchev–Trinajstić information content (AvgIpc) is 3.24. The van der Waals surface area contributed by atoms with Gasteiger partial charge in [0, 0.05) is 17.6 Å². The van der Waals surface area contributed by atoms with Gasteiger partial charge in [-0.2, -0.15) is 0 Å². The van der Waals surface area contributed by atoms with Gasteiger partial charge in [-0.05, 0) is 42.8 Å². The molecule has 0 spiro atoms. The van der Waals surface area contributed by atoms with Crippen LogP contribution in [-0.4, -0.2) is 30.1 Å². The minimum atomic E-state index is 0. The van der Waals surface area contributed by atoms with Crippen molar-refractivity contribution in [2.75, 3.05) is 20.8 Å². The van der Waals surface area contributed by atoms with Crippen LogP contribution in [0.5, 0.6) is 11.5 Å². The van der Waals surface area contributed by atoms with Gasteiger partial charge in [0.2, 0.25) is 0 Å². The van der Waals surface area contributed by atoms with E-state index in [0.29, 0.717) is 0 Å². The van der Waals surface area contributed by atoms with Crippen LogP contribution in [0, 0.1) is 0 Å². The lowest BCUT2D eigenvalue weighted by Gasteiger charge is -2.10. The molecule has 0 unspecified atom stereocenters. The first-order valence-corrected chi connectivity index (χ1v) is 9.43. The molecular weight excluding hydrogens is 382 g/mol. The molecule has 27 heavy (non-hydrogen) atoms. The summed E-state index contributed by atoms with van der Waals surface area (Å²) >= 11 is 1.68. The van der Waals surface area contributed by atoms with Gasteiger partial charge in [0.1, 0.15) is 0 Å². The summed E-state index contributed by atoms with van der Waals surface area (Å²) in [7, 11) is 3.32. The quantitative estimate of drug-likeness (QED) is 0.467. The number of fused-ring (bicyclic) bond motifs is 3. The van der Waals surface area contributed by atoms with Gasteiger partial charge in [-0.25, -0.2) is 4.98 Å². The fourth-order valence-corrected chi connectivity index (χ4v) is 4.04. The van der Waals surface area contributed by atoms with Gasteiger partial charge in [-0.3, -0.25) is 4.40 Å². The van der Waals surface area contributed by atoms with Crippen molar-refractivity contribution in [2.45, 2.75) is 13.0 Å². The minimum absolute atomic E-state index is 0. The molecule has 0 amide bonds. The van der Waals surface area contributed by atoms with Gasteiger partial charge >= 0.3 is 0 Å². The van der Waals surface area contributed by atoms with Crippen LogP contribution in [0.4, 0.5) is 0 Å². The standard InChI is InChI=1S/C20H21N3O2S.ClH/c1-24-18-8-7-14(11-19(18)25-2)9-10-21-12-15-13-26-20-22-16-5-3-4-6-17(16)23(15)20;/h3-8,11,13,21H,9-10,12H2,1-2H3;1H. The molecule has 2 aromatic carbocycles. The Labute approximate surface area is 168 Å². The van der Waals surface area contributed by atoms with E-state index in [4.69, 9.17) is 9.47 Å². The summed E-state index contributed by atoms with van der Waals surface area (Å²) in [5, 5.41) is 5.71. The number of benzene rings is 2. The monoisotopic (exact) mass is 403 g/mol. The minimum Gasteiger partial charge on any atom is -0.493 e. The highest BCUT2D eigenvalue weighted by molar-refractivity contribution is 7.15. The first-order valence-electron chi connectivity index (χ1n) is 8.55. The summed E-state index contributed by atoms with van der Waals surface area (Å²) in [5.74, 6) is 1.53. The third-order valence-electron chi connectivity index (χ3n) is 4.46. The molecule has 0 saturated carbocycles. The van der Waals surface area contributed by atoms with E-state index in [1.165, 1.54) is 16.8 Å². The maximum atomic E-state index is 5.37. The lowest BCUT2D eigenvalue weighted by Crippen LogP contribution is -2.17.